The SMILES string of the molecule is Cc1nc(-c2ccccc2)sc1C(=O)NNC(=O)CNC(=O)C1CCCCC1. The lowest BCUT2D eigenvalue weighted by atomic mass is 9.89. The summed E-state index contributed by atoms with van der Waals surface area (Å²) in [4.78, 5) is 41.2. The third-order valence-electron chi connectivity index (χ3n) is 4.74. The van der Waals surface area contributed by atoms with E-state index >= 15 is 0 Å². The molecular formula is C20H24N4O3S. The Bertz CT molecular complexity index is 844. The molecule has 0 spiro atoms. The van der Waals surface area contributed by atoms with Crippen LogP contribution in [0.4, 0.5) is 0 Å². The number of nitrogens with zero attached hydrogens (tertiary/aromatic N) is 1. The van der Waals surface area contributed by atoms with E-state index in [9.17, 15) is 14.4 Å². The third-order valence-corrected chi connectivity index (χ3v) is 5.94. The minimum Gasteiger partial charge on any atom is -0.347 e. The van der Waals surface area contributed by atoms with Gasteiger partial charge in [0, 0.05) is 11.5 Å². The van der Waals surface area contributed by atoms with Gasteiger partial charge in [0.25, 0.3) is 11.8 Å². The van der Waals surface area contributed by atoms with Crippen molar-refractivity contribution in [3.05, 3.63) is 40.9 Å². The van der Waals surface area contributed by atoms with Gasteiger partial charge in [-0.05, 0) is 19.8 Å². The zero-order valence-corrected chi connectivity index (χ0v) is 16.6. The predicted octanol–water partition coefficient (Wildman–Crippen LogP) is 2.58. The number of rotatable bonds is 5. The highest BCUT2D eigenvalue weighted by molar-refractivity contribution is 7.17. The molecule has 0 saturated heterocycles. The summed E-state index contributed by atoms with van der Waals surface area (Å²) in [5.41, 5.74) is 6.26. The van der Waals surface area contributed by atoms with Gasteiger partial charge in [0.1, 0.15) is 9.88 Å². The number of thiazole rings is 1. The summed E-state index contributed by atoms with van der Waals surface area (Å²) < 4.78 is 0. The lowest BCUT2D eigenvalue weighted by molar-refractivity contribution is -0.129. The molecule has 1 heterocycles. The van der Waals surface area contributed by atoms with Crippen LogP contribution in [-0.2, 0) is 9.59 Å². The molecule has 28 heavy (non-hydrogen) atoms. The van der Waals surface area contributed by atoms with Gasteiger partial charge < -0.3 is 5.32 Å². The lowest BCUT2D eigenvalue weighted by Gasteiger charge is -2.20. The number of nitrogens with one attached hydrogen (secondary N) is 3. The van der Waals surface area contributed by atoms with Gasteiger partial charge in [0.05, 0.1) is 12.2 Å². The molecule has 7 nitrogen and oxygen atoms in total. The first kappa shape index (κ1) is 20.0. The minimum atomic E-state index is -0.469. The number of hydrazine groups is 1. The van der Waals surface area contributed by atoms with Crippen molar-refractivity contribution in [1.29, 1.82) is 0 Å². The van der Waals surface area contributed by atoms with Crippen molar-refractivity contribution in [3.8, 4) is 10.6 Å². The van der Waals surface area contributed by atoms with E-state index in [2.05, 4.69) is 21.2 Å². The molecule has 0 atom stereocenters. The fourth-order valence-electron chi connectivity index (χ4n) is 3.22. The van der Waals surface area contributed by atoms with E-state index in [1.807, 2.05) is 30.3 Å². The van der Waals surface area contributed by atoms with E-state index in [1.54, 1.807) is 6.92 Å². The van der Waals surface area contributed by atoms with Gasteiger partial charge in [-0.25, -0.2) is 4.98 Å². The molecule has 0 aliphatic heterocycles. The molecule has 8 heteroatoms. The summed E-state index contributed by atoms with van der Waals surface area (Å²) in [6.07, 6.45) is 5.02. The fourth-order valence-corrected chi connectivity index (χ4v) is 4.18. The average molecular weight is 401 g/mol. The molecule has 1 aromatic carbocycles. The molecule has 3 N–H and O–H groups in total. The van der Waals surface area contributed by atoms with Crippen LogP contribution in [0.2, 0.25) is 0 Å². The molecule has 3 amide bonds. The summed E-state index contributed by atoms with van der Waals surface area (Å²) in [7, 11) is 0. The lowest BCUT2D eigenvalue weighted by Crippen LogP contribution is -2.47. The van der Waals surface area contributed by atoms with Gasteiger partial charge >= 0.3 is 0 Å². The number of aryl methyl sites for hydroxylation is 1. The molecule has 0 radical (unpaired) electrons. The van der Waals surface area contributed by atoms with Crippen molar-refractivity contribution < 1.29 is 14.4 Å². The van der Waals surface area contributed by atoms with Crippen LogP contribution in [0.25, 0.3) is 10.6 Å². The topological polar surface area (TPSA) is 100 Å². The number of hydrogen-bond acceptors (Lipinski definition) is 5. The Morgan fingerprint density at radius 1 is 1.07 bits per heavy atom. The second-order valence-corrected chi connectivity index (χ2v) is 7.85. The summed E-state index contributed by atoms with van der Waals surface area (Å²) in [5.74, 6) is -0.994. The molecule has 1 aromatic heterocycles. The van der Waals surface area contributed by atoms with Crippen LogP contribution in [0.15, 0.2) is 30.3 Å². The second kappa shape index (κ2) is 9.45. The zero-order valence-electron chi connectivity index (χ0n) is 15.8. The molecule has 3 rings (SSSR count). The Morgan fingerprint density at radius 3 is 2.50 bits per heavy atom. The van der Waals surface area contributed by atoms with Gasteiger partial charge in [0.15, 0.2) is 0 Å². The Labute approximate surface area is 167 Å². The van der Waals surface area contributed by atoms with Gasteiger partial charge in [-0.2, -0.15) is 0 Å². The van der Waals surface area contributed by atoms with Crippen LogP contribution in [-0.4, -0.2) is 29.3 Å². The second-order valence-electron chi connectivity index (χ2n) is 6.85. The van der Waals surface area contributed by atoms with Crippen molar-refractivity contribution in [1.82, 2.24) is 21.2 Å². The van der Waals surface area contributed by atoms with Crippen molar-refractivity contribution >= 4 is 29.1 Å². The van der Waals surface area contributed by atoms with Crippen molar-refractivity contribution in [3.63, 3.8) is 0 Å². The first-order valence-corrected chi connectivity index (χ1v) is 10.3. The molecular weight excluding hydrogens is 376 g/mol. The first-order chi connectivity index (χ1) is 13.5. The van der Waals surface area contributed by atoms with E-state index in [0.717, 1.165) is 36.3 Å². The summed E-state index contributed by atoms with van der Waals surface area (Å²) >= 11 is 1.27. The van der Waals surface area contributed by atoms with Crippen molar-refractivity contribution in [2.75, 3.05) is 6.54 Å². The smallest absolute Gasteiger partial charge is 0.281 e. The normalized spacial score (nSPS) is 14.3. The van der Waals surface area contributed by atoms with Crippen LogP contribution in [0.5, 0.6) is 0 Å². The van der Waals surface area contributed by atoms with Crippen LogP contribution in [0, 0.1) is 12.8 Å². The quantitative estimate of drug-likeness (QED) is 0.672. The van der Waals surface area contributed by atoms with Gasteiger partial charge in [-0.15, -0.1) is 11.3 Å². The number of aromatic nitrogens is 1. The maximum atomic E-state index is 12.4. The Morgan fingerprint density at radius 2 is 1.79 bits per heavy atom. The Balaban J connectivity index is 1.48. The molecule has 0 unspecified atom stereocenters. The van der Waals surface area contributed by atoms with E-state index in [-0.39, 0.29) is 18.4 Å². The van der Waals surface area contributed by atoms with Crippen LogP contribution < -0.4 is 16.2 Å². The van der Waals surface area contributed by atoms with Crippen molar-refractivity contribution in [2.24, 2.45) is 5.92 Å². The van der Waals surface area contributed by atoms with Crippen LogP contribution in [0.1, 0.15) is 47.5 Å². The summed E-state index contributed by atoms with van der Waals surface area (Å²) in [6, 6.07) is 9.59. The van der Waals surface area contributed by atoms with Crippen LogP contribution >= 0.6 is 11.3 Å². The number of amides is 3. The standard InChI is InChI=1S/C20H24N4O3S/c1-13-17(28-20(22-13)15-10-6-3-7-11-15)19(27)24-23-16(25)12-21-18(26)14-8-4-2-5-9-14/h3,6-7,10-11,14H,2,4-5,8-9,12H2,1H3,(H,21,26)(H,23,25)(H,24,27). The average Bonchev–Trinajstić information content (AvgIpc) is 3.13. The van der Waals surface area contributed by atoms with E-state index in [1.165, 1.54) is 17.8 Å². The number of hydrogen-bond donors (Lipinski definition) is 3. The van der Waals surface area contributed by atoms with Crippen molar-refractivity contribution in [2.45, 2.75) is 39.0 Å². The molecule has 0 bridgehead atoms. The largest absolute Gasteiger partial charge is 0.347 e. The summed E-state index contributed by atoms with van der Waals surface area (Å²) in [6.45, 7) is 1.59. The van der Waals surface area contributed by atoms with E-state index < -0.39 is 11.8 Å². The summed E-state index contributed by atoms with van der Waals surface area (Å²) in [5, 5.41) is 3.39. The first-order valence-electron chi connectivity index (χ1n) is 9.44. The maximum Gasteiger partial charge on any atom is 0.281 e. The highest BCUT2D eigenvalue weighted by atomic mass is 32.1. The molecule has 1 aliphatic carbocycles. The Hall–Kier alpha value is -2.74. The maximum absolute atomic E-state index is 12.4. The number of carbonyl (C=O) groups is 3. The zero-order chi connectivity index (χ0) is 19.9. The van der Waals surface area contributed by atoms with Crippen LogP contribution in [0.3, 0.4) is 0 Å². The number of carbonyl (C=O) groups excluding carboxylic acids is 3. The minimum absolute atomic E-state index is 0.00704. The highest BCUT2D eigenvalue weighted by Gasteiger charge is 2.21. The molecule has 148 valence electrons. The third kappa shape index (κ3) is 5.16. The Kier molecular flexibility index (Phi) is 6.76. The van der Waals surface area contributed by atoms with E-state index in [0.29, 0.717) is 10.6 Å². The molecule has 2 aromatic rings. The van der Waals surface area contributed by atoms with Gasteiger partial charge in [-0.1, -0.05) is 49.6 Å². The molecule has 1 aliphatic rings. The van der Waals surface area contributed by atoms with E-state index in [4.69, 9.17) is 0 Å². The molecule has 1 saturated carbocycles. The van der Waals surface area contributed by atoms with Gasteiger partial charge in [-0.3, -0.25) is 25.2 Å². The monoisotopic (exact) mass is 400 g/mol. The molecule has 1 fully saturated rings. The van der Waals surface area contributed by atoms with Gasteiger partial charge in [0.2, 0.25) is 5.91 Å². The predicted molar refractivity (Wildman–Crippen MR) is 107 cm³/mol. The fraction of sp³-hybridized carbons (Fsp3) is 0.400. The highest BCUT2D eigenvalue weighted by Crippen LogP contribution is 2.27. The number of benzene rings is 1.